The van der Waals surface area contributed by atoms with Crippen LogP contribution in [0.5, 0.6) is 5.75 Å². The Bertz CT molecular complexity index is 1050. The second kappa shape index (κ2) is 6.97. The maximum absolute atomic E-state index is 12.2. The molecule has 0 unspecified atom stereocenters. The molecule has 1 aliphatic heterocycles. The Morgan fingerprint density at radius 1 is 1.19 bits per heavy atom. The number of aliphatic imine (C=N–C) groups is 1. The van der Waals surface area contributed by atoms with Crippen molar-refractivity contribution in [2.24, 2.45) is 4.99 Å². The number of amidine groups is 1. The predicted molar refractivity (Wildman–Crippen MR) is 103 cm³/mol. The van der Waals surface area contributed by atoms with Crippen LogP contribution in [-0.2, 0) is 4.79 Å². The minimum atomic E-state index is -0.195. The van der Waals surface area contributed by atoms with E-state index in [0.29, 0.717) is 27.2 Å². The summed E-state index contributed by atoms with van der Waals surface area (Å²) in [5.74, 6) is 0.504. The van der Waals surface area contributed by atoms with Gasteiger partial charge >= 0.3 is 0 Å². The van der Waals surface area contributed by atoms with Crippen LogP contribution in [0.4, 0.5) is 5.69 Å². The van der Waals surface area contributed by atoms with Gasteiger partial charge in [-0.25, -0.2) is 9.98 Å². The summed E-state index contributed by atoms with van der Waals surface area (Å²) in [4.78, 5) is 25.8. The zero-order valence-electron chi connectivity index (χ0n) is 13.8. The first-order chi connectivity index (χ1) is 12.7. The van der Waals surface area contributed by atoms with Gasteiger partial charge in [-0.3, -0.25) is 9.78 Å². The minimum Gasteiger partial charge on any atom is -0.494 e. The molecular weight excluding hydrogens is 348 g/mol. The summed E-state index contributed by atoms with van der Waals surface area (Å²) >= 11 is 1.28. The number of nitrogens with one attached hydrogen (secondary N) is 1. The zero-order chi connectivity index (χ0) is 17.9. The fourth-order valence-electron chi connectivity index (χ4n) is 2.53. The molecule has 1 amide bonds. The molecule has 7 heteroatoms. The Kier molecular flexibility index (Phi) is 4.37. The molecule has 128 valence electrons. The van der Waals surface area contributed by atoms with Gasteiger partial charge in [-0.1, -0.05) is 18.2 Å². The number of fused-ring (bicyclic) bond motifs is 1. The molecule has 0 spiro atoms. The average Bonchev–Trinajstić information content (AvgIpc) is 3.01. The molecule has 2 aromatic heterocycles. The Hall–Kier alpha value is -3.19. The van der Waals surface area contributed by atoms with Gasteiger partial charge < -0.3 is 10.1 Å². The standard InChI is InChI=1S/C19H14N4O2S/c1-25-15-6-2-4-12-7-8-13(21-17(12)15)10-16-18(24)23-19(26-16)22-14-5-3-9-20-11-14/h2-11H,1H3,(H,22,23,24)/b16-10-. The molecule has 3 aromatic rings. The quantitative estimate of drug-likeness (QED) is 0.721. The molecule has 1 aromatic carbocycles. The molecule has 1 saturated heterocycles. The minimum absolute atomic E-state index is 0.195. The number of para-hydroxylation sites is 1. The van der Waals surface area contributed by atoms with Gasteiger partial charge in [-0.2, -0.15) is 0 Å². The Balaban J connectivity index is 1.65. The zero-order valence-corrected chi connectivity index (χ0v) is 14.7. The fourth-order valence-corrected chi connectivity index (χ4v) is 3.36. The SMILES string of the molecule is COc1cccc2ccc(/C=C3\SC(=Nc4cccnc4)NC3=O)nc12. The molecule has 0 atom stereocenters. The highest BCUT2D eigenvalue weighted by molar-refractivity contribution is 8.18. The lowest BCUT2D eigenvalue weighted by Crippen LogP contribution is -2.19. The fraction of sp³-hybridized carbons (Fsp3) is 0.0526. The van der Waals surface area contributed by atoms with E-state index in [2.05, 4.69) is 20.3 Å². The van der Waals surface area contributed by atoms with E-state index in [1.165, 1.54) is 11.8 Å². The van der Waals surface area contributed by atoms with Crippen molar-refractivity contribution in [1.82, 2.24) is 15.3 Å². The van der Waals surface area contributed by atoms with Gasteiger partial charge in [0.15, 0.2) is 5.17 Å². The second-order valence-corrected chi connectivity index (χ2v) is 6.49. The van der Waals surface area contributed by atoms with Crippen LogP contribution < -0.4 is 10.1 Å². The van der Waals surface area contributed by atoms with Gasteiger partial charge in [0.1, 0.15) is 11.3 Å². The van der Waals surface area contributed by atoms with Crippen LogP contribution in [0.3, 0.4) is 0 Å². The third-order valence-corrected chi connectivity index (χ3v) is 4.64. The number of thioether (sulfide) groups is 1. The second-order valence-electron chi connectivity index (χ2n) is 5.46. The molecule has 0 radical (unpaired) electrons. The molecule has 1 aliphatic rings. The van der Waals surface area contributed by atoms with Crippen LogP contribution in [0.2, 0.25) is 0 Å². The summed E-state index contributed by atoms with van der Waals surface area (Å²) < 4.78 is 5.36. The monoisotopic (exact) mass is 362 g/mol. The van der Waals surface area contributed by atoms with Gasteiger partial charge in [0.25, 0.3) is 5.91 Å². The van der Waals surface area contributed by atoms with Crippen LogP contribution in [0.15, 0.2) is 64.8 Å². The number of hydrogen-bond donors (Lipinski definition) is 1. The van der Waals surface area contributed by atoms with Crippen molar-refractivity contribution in [3.05, 3.63) is 65.5 Å². The number of carbonyl (C=O) groups excluding carboxylic acids is 1. The van der Waals surface area contributed by atoms with Crippen LogP contribution >= 0.6 is 11.8 Å². The summed E-state index contributed by atoms with van der Waals surface area (Å²) in [5.41, 5.74) is 2.13. The predicted octanol–water partition coefficient (Wildman–Crippen LogP) is 3.53. The van der Waals surface area contributed by atoms with Crippen molar-refractivity contribution in [2.45, 2.75) is 0 Å². The normalized spacial score (nSPS) is 17.0. The molecule has 4 rings (SSSR count). The molecule has 26 heavy (non-hydrogen) atoms. The third kappa shape index (κ3) is 3.29. The molecule has 1 fully saturated rings. The lowest BCUT2D eigenvalue weighted by Gasteiger charge is -2.05. The van der Waals surface area contributed by atoms with Gasteiger partial charge in [-0.05, 0) is 42.1 Å². The van der Waals surface area contributed by atoms with Crippen LogP contribution in [0.1, 0.15) is 5.69 Å². The highest BCUT2D eigenvalue weighted by Crippen LogP contribution is 2.29. The van der Waals surface area contributed by atoms with E-state index in [-0.39, 0.29) is 5.91 Å². The maximum Gasteiger partial charge on any atom is 0.264 e. The number of hydrogen-bond acceptors (Lipinski definition) is 6. The summed E-state index contributed by atoms with van der Waals surface area (Å²) in [7, 11) is 1.61. The van der Waals surface area contributed by atoms with Gasteiger partial charge in [0.05, 0.1) is 29.6 Å². The average molecular weight is 362 g/mol. The molecule has 3 heterocycles. The van der Waals surface area contributed by atoms with Crippen LogP contribution in [0.25, 0.3) is 17.0 Å². The van der Waals surface area contributed by atoms with E-state index >= 15 is 0 Å². The summed E-state index contributed by atoms with van der Waals surface area (Å²) in [6.07, 6.45) is 5.06. The first-order valence-corrected chi connectivity index (χ1v) is 8.68. The molecule has 0 saturated carbocycles. The number of carbonyl (C=O) groups is 1. The number of benzene rings is 1. The Labute approximate surface area is 154 Å². The molecule has 0 bridgehead atoms. The van der Waals surface area contributed by atoms with Gasteiger partial charge in [-0.15, -0.1) is 0 Å². The number of ether oxygens (including phenoxy) is 1. The highest BCUT2D eigenvalue weighted by atomic mass is 32.2. The smallest absolute Gasteiger partial charge is 0.264 e. The van der Waals surface area contributed by atoms with Crippen molar-refractivity contribution in [2.75, 3.05) is 7.11 Å². The number of pyridine rings is 2. The molecule has 6 nitrogen and oxygen atoms in total. The van der Waals surface area contributed by atoms with Gasteiger partial charge in [0.2, 0.25) is 0 Å². The lowest BCUT2D eigenvalue weighted by molar-refractivity contribution is -0.115. The third-order valence-electron chi connectivity index (χ3n) is 3.73. The highest BCUT2D eigenvalue weighted by Gasteiger charge is 2.24. The number of rotatable bonds is 3. The topological polar surface area (TPSA) is 76.5 Å². The summed E-state index contributed by atoms with van der Waals surface area (Å²) in [5, 5.41) is 4.26. The number of nitrogens with zero attached hydrogens (tertiary/aromatic N) is 3. The lowest BCUT2D eigenvalue weighted by atomic mass is 10.2. The Morgan fingerprint density at radius 2 is 2.12 bits per heavy atom. The van der Waals surface area contributed by atoms with Crippen molar-refractivity contribution < 1.29 is 9.53 Å². The van der Waals surface area contributed by atoms with Crippen molar-refractivity contribution in [3.8, 4) is 5.75 Å². The number of aromatic nitrogens is 2. The van der Waals surface area contributed by atoms with Gasteiger partial charge in [0, 0.05) is 11.6 Å². The summed E-state index contributed by atoms with van der Waals surface area (Å²) in [6, 6.07) is 13.2. The van der Waals surface area contributed by atoms with E-state index in [1.54, 1.807) is 31.6 Å². The summed E-state index contributed by atoms with van der Waals surface area (Å²) in [6.45, 7) is 0. The first kappa shape index (κ1) is 16.3. The van der Waals surface area contributed by atoms with E-state index in [9.17, 15) is 4.79 Å². The maximum atomic E-state index is 12.2. The largest absolute Gasteiger partial charge is 0.494 e. The first-order valence-electron chi connectivity index (χ1n) is 7.86. The number of amides is 1. The molecular formula is C19H14N4O2S. The van der Waals surface area contributed by atoms with E-state index in [0.717, 1.165) is 10.9 Å². The Morgan fingerprint density at radius 3 is 2.92 bits per heavy atom. The van der Waals surface area contributed by atoms with Crippen molar-refractivity contribution >= 4 is 45.5 Å². The van der Waals surface area contributed by atoms with Crippen molar-refractivity contribution in [1.29, 1.82) is 0 Å². The molecule has 1 N–H and O–H groups in total. The van der Waals surface area contributed by atoms with E-state index < -0.39 is 0 Å². The molecule has 0 aliphatic carbocycles. The van der Waals surface area contributed by atoms with Crippen molar-refractivity contribution in [3.63, 3.8) is 0 Å². The van der Waals surface area contributed by atoms with E-state index in [4.69, 9.17) is 4.74 Å². The van der Waals surface area contributed by atoms with Crippen LogP contribution in [0, 0.1) is 0 Å². The van der Waals surface area contributed by atoms with Crippen LogP contribution in [-0.4, -0.2) is 28.2 Å². The number of methoxy groups -OCH3 is 1. The van der Waals surface area contributed by atoms with E-state index in [1.807, 2.05) is 36.4 Å².